The second-order valence-electron chi connectivity index (χ2n) is 9.31. The molecule has 0 amide bonds. The highest BCUT2D eigenvalue weighted by molar-refractivity contribution is 9.10. The molecule has 0 saturated carbocycles. The van der Waals surface area contributed by atoms with Crippen LogP contribution in [0.15, 0.2) is 73.4 Å². The van der Waals surface area contributed by atoms with Crippen molar-refractivity contribution in [2.45, 2.75) is 32.8 Å². The van der Waals surface area contributed by atoms with E-state index in [1.165, 1.54) is 17.0 Å². The molecule has 0 aliphatic carbocycles. The molecule has 1 N–H and O–H groups in total. The van der Waals surface area contributed by atoms with Crippen molar-refractivity contribution in [2.24, 2.45) is 5.10 Å². The van der Waals surface area contributed by atoms with Crippen LogP contribution in [-0.2, 0) is 12.0 Å². The molecule has 7 nitrogen and oxygen atoms in total. The third kappa shape index (κ3) is 6.11. The molecule has 0 atom stereocenters. The quantitative estimate of drug-likeness (QED) is 0.227. The molecule has 0 bridgehead atoms. The Hall–Kier alpha value is -3.01. The van der Waals surface area contributed by atoms with Gasteiger partial charge in [-0.2, -0.15) is 9.78 Å². The monoisotopic (exact) mass is 645 g/mol. The van der Waals surface area contributed by atoms with E-state index in [0.29, 0.717) is 43.1 Å². The van der Waals surface area contributed by atoms with Crippen LogP contribution in [0.5, 0.6) is 5.75 Å². The molecule has 0 radical (unpaired) electrons. The minimum Gasteiger partial charge on any atom is -0.487 e. The molecule has 0 saturated heterocycles. The molecule has 10 heteroatoms. The lowest BCUT2D eigenvalue weighted by Crippen LogP contribution is -2.29. The first-order valence-corrected chi connectivity index (χ1v) is 13.1. The van der Waals surface area contributed by atoms with Crippen molar-refractivity contribution in [3.8, 4) is 5.75 Å². The lowest BCUT2D eigenvalue weighted by atomic mass is 9.95. The first-order valence-electron chi connectivity index (χ1n) is 11.2. The number of carboxylic acids is 1. The Bertz CT molecular complexity index is 1610. The second kappa shape index (κ2) is 10.8. The van der Waals surface area contributed by atoms with E-state index in [4.69, 9.17) is 21.3 Å². The summed E-state index contributed by atoms with van der Waals surface area (Å²) >= 11 is 13.2. The fourth-order valence-corrected chi connectivity index (χ4v) is 4.95. The molecule has 4 aromatic rings. The predicted octanol–water partition coefficient (Wildman–Crippen LogP) is 7.03. The van der Waals surface area contributed by atoms with Crippen LogP contribution < -0.4 is 10.3 Å². The maximum absolute atomic E-state index is 13.5. The van der Waals surface area contributed by atoms with Crippen molar-refractivity contribution >= 4 is 66.5 Å². The summed E-state index contributed by atoms with van der Waals surface area (Å²) in [6.07, 6.45) is 1.50. The van der Waals surface area contributed by atoms with Crippen LogP contribution in [0.4, 0.5) is 0 Å². The first-order chi connectivity index (χ1) is 17.4. The Balaban J connectivity index is 1.78. The van der Waals surface area contributed by atoms with E-state index < -0.39 is 11.4 Å². The largest absolute Gasteiger partial charge is 0.487 e. The molecule has 190 valence electrons. The van der Waals surface area contributed by atoms with E-state index in [9.17, 15) is 14.7 Å². The van der Waals surface area contributed by atoms with Crippen molar-refractivity contribution in [1.82, 2.24) is 9.66 Å². The summed E-state index contributed by atoms with van der Waals surface area (Å²) in [5.41, 5.74) is 1.18. The molecular weight excluding hydrogens is 626 g/mol. The zero-order valence-corrected chi connectivity index (χ0v) is 24.1. The maximum atomic E-state index is 13.5. The van der Waals surface area contributed by atoms with Crippen LogP contribution >= 0.6 is 43.5 Å². The molecule has 37 heavy (non-hydrogen) atoms. The van der Waals surface area contributed by atoms with Crippen molar-refractivity contribution in [2.75, 3.05) is 0 Å². The van der Waals surface area contributed by atoms with E-state index in [1.807, 2.05) is 26.8 Å². The zero-order chi connectivity index (χ0) is 26.9. The Morgan fingerprint density at radius 3 is 2.62 bits per heavy atom. The molecule has 0 spiro atoms. The van der Waals surface area contributed by atoms with Gasteiger partial charge >= 0.3 is 5.97 Å². The first kappa shape index (κ1) is 27.0. The molecule has 3 aromatic carbocycles. The summed E-state index contributed by atoms with van der Waals surface area (Å²) in [6.45, 7) is 5.99. The number of hydrogen-bond donors (Lipinski definition) is 1. The number of carbonyl (C=O) groups is 1. The Morgan fingerprint density at radius 2 is 1.92 bits per heavy atom. The van der Waals surface area contributed by atoms with Gasteiger partial charge in [0.05, 0.1) is 27.2 Å². The summed E-state index contributed by atoms with van der Waals surface area (Å²) < 4.78 is 8.69. The number of fused-ring (bicyclic) bond motifs is 1. The number of rotatable bonds is 6. The van der Waals surface area contributed by atoms with Gasteiger partial charge in [-0.05, 0) is 64.0 Å². The van der Waals surface area contributed by atoms with Crippen molar-refractivity contribution in [3.63, 3.8) is 0 Å². The average Bonchev–Trinajstić information content (AvgIpc) is 2.82. The number of aromatic nitrogens is 2. The van der Waals surface area contributed by atoms with Crippen LogP contribution in [0, 0.1) is 0 Å². The van der Waals surface area contributed by atoms with Crippen LogP contribution in [-0.4, -0.2) is 27.0 Å². The van der Waals surface area contributed by atoms with Gasteiger partial charge in [0.25, 0.3) is 5.56 Å². The lowest BCUT2D eigenvalue weighted by Gasteiger charge is -2.21. The van der Waals surface area contributed by atoms with E-state index >= 15 is 0 Å². The van der Waals surface area contributed by atoms with E-state index in [0.717, 1.165) is 4.47 Å². The highest BCUT2D eigenvalue weighted by Crippen LogP contribution is 2.33. The SMILES string of the molecule is CC(C)(C)c1nc2ccc(Br)cc2c(=O)n1N=Cc1cc(Cl)cc(Br)c1OCc1cccc(C(=O)O)c1. The number of halogens is 3. The molecule has 0 aliphatic heterocycles. The van der Waals surface area contributed by atoms with Crippen LogP contribution in [0.2, 0.25) is 5.02 Å². The third-order valence-electron chi connectivity index (χ3n) is 5.39. The van der Waals surface area contributed by atoms with E-state index in [-0.39, 0.29) is 17.7 Å². The maximum Gasteiger partial charge on any atom is 0.335 e. The van der Waals surface area contributed by atoms with Gasteiger partial charge in [-0.3, -0.25) is 4.79 Å². The third-order valence-corrected chi connectivity index (χ3v) is 6.69. The number of benzene rings is 3. The van der Waals surface area contributed by atoms with Crippen LogP contribution in [0.1, 0.15) is 48.1 Å². The predicted molar refractivity (Wildman–Crippen MR) is 152 cm³/mol. The van der Waals surface area contributed by atoms with Crippen LogP contribution in [0.25, 0.3) is 10.9 Å². The van der Waals surface area contributed by atoms with Gasteiger partial charge in [-0.1, -0.05) is 60.4 Å². The van der Waals surface area contributed by atoms with Crippen LogP contribution in [0.3, 0.4) is 0 Å². The number of nitrogens with zero attached hydrogens (tertiary/aromatic N) is 3. The number of ether oxygens (including phenoxy) is 1. The van der Waals surface area contributed by atoms with Gasteiger partial charge in [-0.15, -0.1) is 0 Å². The van der Waals surface area contributed by atoms with E-state index in [1.54, 1.807) is 42.5 Å². The number of carboxylic acid groups (broad SMARTS) is 1. The smallest absolute Gasteiger partial charge is 0.335 e. The minimum absolute atomic E-state index is 0.112. The lowest BCUT2D eigenvalue weighted by molar-refractivity contribution is 0.0696. The Kier molecular flexibility index (Phi) is 7.87. The summed E-state index contributed by atoms with van der Waals surface area (Å²) in [4.78, 5) is 29.5. The van der Waals surface area contributed by atoms with Crippen molar-refractivity contribution in [3.05, 3.63) is 101 Å². The highest BCUT2D eigenvalue weighted by atomic mass is 79.9. The topological polar surface area (TPSA) is 93.8 Å². The second-order valence-corrected chi connectivity index (χ2v) is 11.5. The van der Waals surface area contributed by atoms with Crippen molar-refractivity contribution < 1.29 is 14.6 Å². The molecule has 0 aliphatic rings. The summed E-state index contributed by atoms with van der Waals surface area (Å²) in [5.74, 6) is -0.0770. The average molecular weight is 648 g/mol. The summed E-state index contributed by atoms with van der Waals surface area (Å²) in [7, 11) is 0. The zero-order valence-electron chi connectivity index (χ0n) is 20.1. The fourth-order valence-electron chi connectivity index (χ4n) is 3.64. The van der Waals surface area contributed by atoms with Gasteiger partial charge < -0.3 is 9.84 Å². The Morgan fingerprint density at radius 1 is 1.16 bits per heavy atom. The minimum atomic E-state index is -1.02. The van der Waals surface area contributed by atoms with Gasteiger partial charge in [0.1, 0.15) is 18.2 Å². The number of aromatic carboxylic acids is 1. The highest BCUT2D eigenvalue weighted by Gasteiger charge is 2.23. The Labute approximate surface area is 235 Å². The molecular formula is C27H22Br2ClN3O4. The van der Waals surface area contributed by atoms with Gasteiger partial charge in [-0.25, -0.2) is 9.78 Å². The van der Waals surface area contributed by atoms with Gasteiger partial charge in [0.2, 0.25) is 0 Å². The van der Waals surface area contributed by atoms with Crippen molar-refractivity contribution in [1.29, 1.82) is 0 Å². The summed E-state index contributed by atoms with van der Waals surface area (Å²) in [5, 5.41) is 14.7. The molecule has 1 heterocycles. The number of hydrogen-bond acceptors (Lipinski definition) is 5. The molecule has 0 fully saturated rings. The summed E-state index contributed by atoms with van der Waals surface area (Å²) in [6, 6.07) is 15.2. The normalized spacial score (nSPS) is 11.8. The standard InChI is InChI=1S/C27H22Br2ClN3O4/c1-27(2,3)26-32-22-8-7-18(28)11-20(22)24(34)33(26)31-13-17-10-19(30)12-21(29)23(17)37-14-15-5-4-6-16(9-15)25(35)36/h4-13H,14H2,1-3H3,(H,35,36). The van der Waals surface area contributed by atoms with Gasteiger partial charge in [0, 0.05) is 20.5 Å². The van der Waals surface area contributed by atoms with Gasteiger partial charge in [0.15, 0.2) is 0 Å². The molecule has 4 rings (SSSR count). The molecule has 0 unspecified atom stereocenters. The fraction of sp³-hybridized carbons (Fsp3) is 0.185. The van der Waals surface area contributed by atoms with E-state index in [2.05, 4.69) is 37.0 Å². The molecule has 1 aromatic heterocycles.